The van der Waals surface area contributed by atoms with Crippen molar-refractivity contribution in [2.24, 2.45) is 0 Å². The maximum Gasteiger partial charge on any atom is 0.292 e. The third kappa shape index (κ3) is 3.67. The van der Waals surface area contributed by atoms with E-state index in [1.807, 2.05) is 12.1 Å². The minimum Gasteiger partial charge on any atom is -0.497 e. The van der Waals surface area contributed by atoms with Gasteiger partial charge in [0.1, 0.15) is 19.0 Å². The molecule has 0 unspecified atom stereocenters. The van der Waals surface area contributed by atoms with Crippen molar-refractivity contribution >= 4 is 23.2 Å². The Bertz CT molecular complexity index is 985. The number of hydrogen-bond acceptors (Lipinski definition) is 6. The van der Waals surface area contributed by atoms with Gasteiger partial charge in [-0.25, -0.2) is 4.90 Å². The van der Waals surface area contributed by atoms with Gasteiger partial charge in [0.05, 0.1) is 45.4 Å². The largest absolute Gasteiger partial charge is 0.497 e. The average Bonchev–Trinajstić information content (AvgIpc) is 3.12. The smallest absolute Gasteiger partial charge is 0.292 e. The topological polar surface area (TPSA) is 72.8 Å². The molecule has 162 valence electrons. The molecule has 0 radical (unpaired) electrons. The van der Waals surface area contributed by atoms with Gasteiger partial charge in [-0.3, -0.25) is 9.59 Å². The molecule has 5 rings (SSSR count). The van der Waals surface area contributed by atoms with Crippen molar-refractivity contribution in [3.05, 3.63) is 42.5 Å². The van der Waals surface area contributed by atoms with Crippen LogP contribution < -0.4 is 28.9 Å². The molecule has 1 N–H and O–H groups in total. The highest BCUT2D eigenvalue weighted by Gasteiger charge is 2.46. The van der Waals surface area contributed by atoms with Gasteiger partial charge in [0, 0.05) is 11.8 Å². The Hall–Kier alpha value is -3.26. The second-order valence-electron chi connectivity index (χ2n) is 8.00. The zero-order valence-corrected chi connectivity index (χ0v) is 17.5. The number of carbonyl (C=O) groups excluding carboxylic acids is 2. The van der Waals surface area contributed by atoms with E-state index in [1.54, 1.807) is 25.3 Å². The van der Waals surface area contributed by atoms with Gasteiger partial charge in [-0.1, -0.05) is 0 Å². The number of ether oxygens (including phenoxy) is 3. The van der Waals surface area contributed by atoms with Crippen molar-refractivity contribution in [2.45, 2.75) is 12.5 Å². The predicted molar refractivity (Wildman–Crippen MR) is 114 cm³/mol. The van der Waals surface area contributed by atoms with Crippen LogP contribution in [0.4, 0.5) is 11.4 Å². The number of piperazine rings is 1. The molecule has 2 saturated heterocycles. The number of amides is 2. The molecule has 0 saturated carbocycles. The number of carbonyl (C=O) groups is 2. The number of methoxy groups -OCH3 is 1. The van der Waals surface area contributed by atoms with Crippen LogP contribution in [-0.2, 0) is 9.59 Å². The summed E-state index contributed by atoms with van der Waals surface area (Å²) in [6, 6.07) is 12.9. The van der Waals surface area contributed by atoms with Gasteiger partial charge in [0.2, 0.25) is 5.91 Å². The summed E-state index contributed by atoms with van der Waals surface area (Å²) in [5.74, 6) is 1.77. The van der Waals surface area contributed by atoms with Crippen LogP contribution in [-0.4, -0.2) is 64.4 Å². The number of hydrogen-bond donors (Lipinski definition) is 1. The van der Waals surface area contributed by atoms with E-state index in [1.165, 1.54) is 9.80 Å². The Morgan fingerprint density at radius 1 is 0.935 bits per heavy atom. The number of benzene rings is 2. The Morgan fingerprint density at radius 2 is 1.61 bits per heavy atom. The number of quaternary nitrogens is 1. The molecule has 31 heavy (non-hydrogen) atoms. The number of nitrogens with zero attached hydrogens (tertiary/aromatic N) is 2. The maximum absolute atomic E-state index is 13.2. The first-order chi connectivity index (χ1) is 15.1. The standard InChI is InChI=1S/C23H25N3O5/c1-29-18-5-2-16(3-6-18)24-8-10-25(11-9-24)19-15-22(27)26(23(19)28)17-4-7-20-21(14-17)31-13-12-30-20/h2-7,14,19H,8-13,15H2,1H3/p+1/t19-/m0/s1. The van der Waals surface area contributed by atoms with Gasteiger partial charge in [0.25, 0.3) is 5.91 Å². The Labute approximate surface area is 180 Å². The molecule has 3 aliphatic rings. The van der Waals surface area contributed by atoms with Crippen molar-refractivity contribution < 1.29 is 28.7 Å². The van der Waals surface area contributed by atoms with E-state index in [9.17, 15) is 9.59 Å². The second-order valence-corrected chi connectivity index (χ2v) is 8.00. The number of rotatable bonds is 4. The van der Waals surface area contributed by atoms with Crippen molar-refractivity contribution in [1.29, 1.82) is 0 Å². The fraction of sp³-hybridized carbons (Fsp3) is 0.391. The van der Waals surface area contributed by atoms with Crippen LogP contribution in [0.5, 0.6) is 17.2 Å². The molecule has 2 amide bonds. The predicted octanol–water partition coefficient (Wildman–Crippen LogP) is 0.503. The Balaban J connectivity index is 1.26. The molecule has 3 heterocycles. The molecule has 0 spiro atoms. The summed E-state index contributed by atoms with van der Waals surface area (Å²) in [6.45, 7) is 4.26. The molecule has 8 nitrogen and oxygen atoms in total. The third-order valence-electron chi connectivity index (χ3n) is 6.27. The van der Waals surface area contributed by atoms with Crippen molar-refractivity contribution in [3.63, 3.8) is 0 Å². The molecule has 8 heteroatoms. The van der Waals surface area contributed by atoms with E-state index in [2.05, 4.69) is 17.0 Å². The van der Waals surface area contributed by atoms with Crippen LogP contribution in [0.25, 0.3) is 0 Å². The molecule has 0 aliphatic carbocycles. The highest BCUT2D eigenvalue weighted by Crippen LogP contribution is 2.35. The molecule has 0 bridgehead atoms. The second kappa shape index (κ2) is 8.11. The van der Waals surface area contributed by atoms with Crippen LogP contribution in [0.2, 0.25) is 0 Å². The minimum absolute atomic E-state index is 0.130. The van der Waals surface area contributed by atoms with Crippen LogP contribution in [0, 0.1) is 0 Å². The van der Waals surface area contributed by atoms with Crippen molar-refractivity contribution in [2.75, 3.05) is 56.3 Å². The minimum atomic E-state index is -0.335. The Morgan fingerprint density at radius 3 is 2.32 bits per heavy atom. The van der Waals surface area contributed by atoms with Crippen LogP contribution >= 0.6 is 0 Å². The molecule has 1 atom stereocenters. The van der Waals surface area contributed by atoms with Crippen molar-refractivity contribution in [1.82, 2.24) is 0 Å². The zero-order chi connectivity index (χ0) is 21.4. The number of anilines is 2. The lowest BCUT2D eigenvalue weighted by Gasteiger charge is -2.35. The third-order valence-corrected chi connectivity index (χ3v) is 6.27. The monoisotopic (exact) mass is 424 g/mol. The van der Waals surface area contributed by atoms with Gasteiger partial charge in [0.15, 0.2) is 17.5 Å². The van der Waals surface area contributed by atoms with E-state index in [0.717, 1.165) is 37.6 Å². The quantitative estimate of drug-likeness (QED) is 0.721. The first-order valence-electron chi connectivity index (χ1n) is 10.6. The van der Waals surface area contributed by atoms with Crippen LogP contribution in [0.1, 0.15) is 6.42 Å². The maximum atomic E-state index is 13.2. The first kappa shape index (κ1) is 19.7. The van der Waals surface area contributed by atoms with E-state index in [-0.39, 0.29) is 24.3 Å². The molecular formula is C23H26N3O5+. The first-order valence-corrected chi connectivity index (χ1v) is 10.6. The van der Waals surface area contributed by atoms with E-state index in [0.29, 0.717) is 30.4 Å². The van der Waals surface area contributed by atoms with Gasteiger partial charge in [-0.2, -0.15) is 0 Å². The molecular weight excluding hydrogens is 398 g/mol. The summed E-state index contributed by atoms with van der Waals surface area (Å²) in [7, 11) is 1.66. The SMILES string of the molecule is COc1ccc(N2CC[NH+]([C@H]3CC(=O)N(c4ccc5c(c4)OCCO5)C3=O)CC2)cc1. The highest BCUT2D eigenvalue weighted by atomic mass is 16.6. The Kier molecular flexibility index (Phi) is 5.15. The summed E-state index contributed by atoms with van der Waals surface area (Å²) in [5, 5.41) is 0. The van der Waals surface area contributed by atoms with E-state index in [4.69, 9.17) is 14.2 Å². The van der Waals surface area contributed by atoms with Crippen LogP contribution in [0.3, 0.4) is 0 Å². The van der Waals surface area contributed by atoms with Gasteiger partial charge in [-0.05, 0) is 36.4 Å². The van der Waals surface area contributed by atoms with Crippen molar-refractivity contribution in [3.8, 4) is 17.2 Å². The fourth-order valence-electron chi connectivity index (χ4n) is 4.59. The fourth-order valence-corrected chi connectivity index (χ4v) is 4.59. The zero-order valence-electron chi connectivity index (χ0n) is 17.5. The van der Waals surface area contributed by atoms with E-state index < -0.39 is 0 Å². The molecule has 2 aromatic rings. The summed E-state index contributed by atoms with van der Waals surface area (Å²) in [5.41, 5.74) is 1.70. The molecule has 2 fully saturated rings. The average molecular weight is 424 g/mol. The molecule has 3 aliphatic heterocycles. The summed E-state index contributed by atoms with van der Waals surface area (Å²) < 4.78 is 16.4. The van der Waals surface area contributed by atoms with Crippen LogP contribution in [0.15, 0.2) is 42.5 Å². The van der Waals surface area contributed by atoms with Gasteiger partial charge in [-0.15, -0.1) is 0 Å². The number of nitrogens with one attached hydrogen (secondary N) is 1. The lowest BCUT2D eigenvalue weighted by molar-refractivity contribution is -0.915. The summed E-state index contributed by atoms with van der Waals surface area (Å²) >= 11 is 0. The number of imide groups is 1. The molecule has 0 aromatic heterocycles. The normalized spacial score (nSPS) is 21.5. The molecule has 2 aromatic carbocycles. The highest BCUT2D eigenvalue weighted by molar-refractivity contribution is 6.22. The number of fused-ring (bicyclic) bond motifs is 1. The lowest BCUT2D eigenvalue weighted by Crippen LogP contribution is -3.19. The summed E-state index contributed by atoms with van der Waals surface area (Å²) in [4.78, 5) is 30.7. The van der Waals surface area contributed by atoms with Gasteiger partial charge < -0.3 is 24.0 Å². The van der Waals surface area contributed by atoms with Gasteiger partial charge >= 0.3 is 0 Å². The summed E-state index contributed by atoms with van der Waals surface area (Å²) in [6.07, 6.45) is 0.241. The lowest BCUT2D eigenvalue weighted by atomic mass is 10.1. The van der Waals surface area contributed by atoms with E-state index >= 15 is 0 Å².